The van der Waals surface area contributed by atoms with E-state index in [0.717, 1.165) is 28.7 Å². The van der Waals surface area contributed by atoms with Crippen LogP contribution in [-0.4, -0.2) is 17.4 Å². The first-order chi connectivity index (χ1) is 15.7. The fraction of sp³-hybridized carbons (Fsp3) is 0.138. The van der Waals surface area contributed by atoms with Gasteiger partial charge in [-0.2, -0.15) is 0 Å². The number of hydrogen-bond acceptors (Lipinski definition) is 1. The molecule has 0 aromatic heterocycles. The van der Waals surface area contributed by atoms with Gasteiger partial charge in [-0.1, -0.05) is 97.1 Å². The molecule has 1 heterocycles. The summed E-state index contributed by atoms with van der Waals surface area (Å²) in [6, 6.07) is 34.4. The van der Waals surface area contributed by atoms with Crippen molar-refractivity contribution in [2.24, 2.45) is 0 Å². The number of rotatable bonds is 4. The lowest BCUT2D eigenvalue weighted by molar-refractivity contribution is -0.134. The highest BCUT2D eigenvalue weighted by atomic mass is 19.1. The smallest absolute Gasteiger partial charge is 0.235 e. The van der Waals surface area contributed by atoms with E-state index in [0.29, 0.717) is 6.54 Å². The molecule has 1 amide bonds. The number of carbonyl (C=O) groups is 1. The highest BCUT2D eigenvalue weighted by Crippen LogP contribution is 2.38. The number of nitrogens with zero attached hydrogens (tertiary/aromatic N) is 1. The van der Waals surface area contributed by atoms with E-state index in [1.807, 2.05) is 77.7 Å². The van der Waals surface area contributed by atoms with Crippen LogP contribution in [-0.2, 0) is 11.2 Å². The van der Waals surface area contributed by atoms with Crippen molar-refractivity contribution in [3.05, 3.63) is 143 Å². The SMILES string of the molecule is O=C(C(c1ccccc1)c1ccccc1)N1CCc2ccccc2[C@H]1c1ccc(F)cc1. The minimum Gasteiger partial charge on any atom is -0.330 e. The molecule has 158 valence electrons. The van der Waals surface area contributed by atoms with Crippen molar-refractivity contribution in [1.29, 1.82) is 0 Å². The van der Waals surface area contributed by atoms with Crippen molar-refractivity contribution in [1.82, 2.24) is 4.90 Å². The summed E-state index contributed by atoms with van der Waals surface area (Å²) >= 11 is 0. The highest BCUT2D eigenvalue weighted by Gasteiger charge is 2.36. The second kappa shape index (κ2) is 8.80. The van der Waals surface area contributed by atoms with Gasteiger partial charge in [0.2, 0.25) is 5.91 Å². The van der Waals surface area contributed by atoms with Gasteiger partial charge in [-0.15, -0.1) is 0 Å². The van der Waals surface area contributed by atoms with Gasteiger partial charge in [-0.3, -0.25) is 4.79 Å². The fourth-order valence-corrected chi connectivity index (χ4v) is 4.74. The van der Waals surface area contributed by atoms with Gasteiger partial charge in [-0.05, 0) is 46.4 Å². The molecular formula is C29H24FNO. The summed E-state index contributed by atoms with van der Waals surface area (Å²) in [5.74, 6) is -0.612. The molecule has 0 N–H and O–H groups in total. The molecule has 4 aromatic carbocycles. The number of benzene rings is 4. The molecule has 0 saturated heterocycles. The number of hydrogen-bond donors (Lipinski definition) is 0. The lowest BCUT2D eigenvalue weighted by Gasteiger charge is -2.39. The zero-order valence-corrected chi connectivity index (χ0v) is 17.7. The molecule has 0 saturated carbocycles. The molecule has 1 aliphatic rings. The first kappa shape index (κ1) is 20.2. The minimum absolute atomic E-state index is 0.0613. The van der Waals surface area contributed by atoms with E-state index in [-0.39, 0.29) is 17.8 Å². The monoisotopic (exact) mass is 421 g/mol. The number of halogens is 1. The summed E-state index contributed by atoms with van der Waals surface area (Å²) in [5.41, 5.74) is 5.22. The Morgan fingerprint density at radius 2 is 1.31 bits per heavy atom. The van der Waals surface area contributed by atoms with Crippen LogP contribution in [0.4, 0.5) is 4.39 Å². The molecule has 0 fully saturated rings. The van der Waals surface area contributed by atoms with Gasteiger partial charge in [0, 0.05) is 6.54 Å². The predicted molar refractivity (Wildman–Crippen MR) is 125 cm³/mol. The van der Waals surface area contributed by atoms with Gasteiger partial charge < -0.3 is 4.90 Å². The molecule has 32 heavy (non-hydrogen) atoms. The van der Waals surface area contributed by atoms with Gasteiger partial charge in [0.05, 0.1) is 12.0 Å². The van der Waals surface area contributed by atoms with Crippen molar-refractivity contribution in [2.45, 2.75) is 18.4 Å². The van der Waals surface area contributed by atoms with E-state index in [1.165, 1.54) is 17.7 Å². The molecule has 2 nitrogen and oxygen atoms in total. The average Bonchev–Trinajstić information content (AvgIpc) is 2.85. The van der Waals surface area contributed by atoms with Crippen LogP contribution in [0, 0.1) is 5.82 Å². The van der Waals surface area contributed by atoms with Crippen LogP contribution in [0.25, 0.3) is 0 Å². The zero-order valence-electron chi connectivity index (χ0n) is 17.7. The molecular weight excluding hydrogens is 397 g/mol. The summed E-state index contributed by atoms with van der Waals surface area (Å²) in [5, 5.41) is 0. The van der Waals surface area contributed by atoms with Crippen molar-refractivity contribution < 1.29 is 9.18 Å². The van der Waals surface area contributed by atoms with Gasteiger partial charge >= 0.3 is 0 Å². The molecule has 1 atom stereocenters. The molecule has 0 unspecified atom stereocenters. The lowest BCUT2D eigenvalue weighted by atomic mass is 9.84. The van der Waals surface area contributed by atoms with Crippen molar-refractivity contribution in [3.8, 4) is 0 Å². The van der Waals surface area contributed by atoms with Crippen LogP contribution in [0.3, 0.4) is 0 Å². The van der Waals surface area contributed by atoms with Crippen LogP contribution >= 0.6 is 0 Å². The fourth-order valence-electron chi connectivity index (χ4n) is 4.74. The summed E-state index contributed by atoms with van der Waals surface area (Å²) in [6.07, 6.45) is 0.801. The van der Waals surface area contributed by atoms with Crippen LogP contribution in [0.1, 0.15) is 39.8 Å². The molecule has 0 bridgehead atoms. The molecule has 0 spiro atoms. The predicted octanol–water partition coefficient (Wildman–Crippen LogP) is 6.13. The zero-order chi connectivity index (χ0) is 21.9. The molecule has 5 rings (SSSR count). The Morgan fingerprint density at radius 3 is 1.94 bits per heavy atom. The van der Waals surface area contributed by atoms with Crippen LogP contribution in [0.5, 0.6) is 0 Å². The Bertz CT molecular complexity index is 1170. The Kier molecular flexibility index (Phi) is 5.55. The first-order valence-corrected chi connectivity index (χ1v) is 11.0. The Labute approximate surface area is 188 Å². The van der Waals surface area contributed by atoms with Crippen molar-refractivity contribution >= 4 is 5.91 Å². The lowest BCUT2D eigenvalue weighted by Crippen LogP contribution is -2.43. The quantitative estimate of drug-likeness (QED) is 0.388. The van der Waals surface area contributed by atoms with E-state index in [4.69, 9.17) is 0 Å². The summed E-state index contributed by atoms with van der Waals surface area (Å²) in [4.78, 5) is 16.2. The molecule has 0 aliphatic carbocycles. The van der Waals surface area contributed by atoms with Crippen LogP contribution in [0.15, 0.2) is 109 Å². The van der Waals surface area contributed by atoms with E-state index < -0.39 is 5.92 Å². The summed E-state index contributed by atoms with van der Waals surface area (Å²) < 4.78 is 13.7. The first-order valence-electron chi connectivity index (χ1n) is 11.0. The second-order valence-electron chi connectivity index (χ2n) is 8.19. The maximum absolute atomic E-state index is 14.2. The summed E-state index contributed by atoms with van der Waals surface area (Å²) in [7, 11) is 0. The van der Waals surface area contributed by atoms with Crippen LogP contribution < -0.4 is 0 Å². The van der Waals surface area contributed by atoms with Crippen molar-refractivity contribution in [3.63, 3.8) is 0 Å². The summed E-state index contributed by atoms with van der Waals surface area (Å²) in [6.45, 7) is 0.619. The number of carbonyl (C=O) groups excluding carboxylic acids is 1. The van der Waals surface area contributed by atoms with E-state index in [9.17, 15) is 9.18 Å². The molecule has 4 aromatic rings. The Morgan fingerprint density at radius 1 is 0.750 bits per heavy atom. The topological polar surface area (TPSA) is 20.3 Å². The number of amides is 1. The van der Waals surface area contributed by atoms with Crippen LogP contribution in [0.2, 0.25) is 0 Å². The molecule has 1 aliphatic heterocycles. The molecule has 0 radical (unpaired) electrons. The molecule has 3 heteroatoms. The average molecular weight is 422 g/mol. The largest absolute Gasteiger partial charge is 0.330 e. The van der Waals surface area contributed by atoms with E-state index in [2.05, 4.69) is 12.1 Å². The third kappa shape index (κ3) is 3.82. The van der Waals surface area contributed by atoms with Gasteiger partial charge in [-0.25, -0.2) is 4.39 Å². The van der Waals surface area contributed by atoms with Gasteiger partial charge in [0.15, 0.2) is 0 Å². The third-order valence-electron chi connectivity index (χ3n) is 6.26. The second-order valence-corrected chi connectivity index (χ2v) is 8.19. The Balaban J connectivity index is 1.62. The standard InChI is InChI=1S/C29H24FNO/c30-25-17-15-24(16-18-25)28-26-14-8-7-9-21(26)19-20-31(28)29(32)27(22-10-3-1-4-11-22)23-12-5-2-6-13-23/h1-18,27-28H,19-20H2/t28-/m1/s1. The third-order valence-corrected chi connectivity index (χ3v) is 6.26. The van der Waals surface area contributed by atoms with E-state index in [1.54, 1.807) is 12.1 Å². The normalized spacial score (nSPS) is 15.4. The maximum Gasteiger partial charge on any atom is 0.235 e. The minimum atomic E-state index is -0.398. The Hall–Kier alpha value is -3.72. The maximum atomic E-state index is 14.2. The van der Waals surface area contributed by atoms with E-state index >= 15 is 0 Å². The highest BCUT2D eigenvalue weighted by molar-refractivity contribution is 5.88. The van der Waals surface area contributed by atoms with Gasteiger partial charge in [0.1, 0.15) is 5.82 Å². The van der Waals surface area contributed by atoms with Crippen molar-refractivity contribution in [2.75, 3.05) is 6.54 Å². The van der Waals surface area contributed by atoms with Gasteiger partial charge in [0.25, 0.3) is 0 Å². The number of fused-ring (bicyclic) bond motifs is 1.